The van der Waals surface area contributed by atoms with E-state index in [2.05, 4.69) is 31.2 Å². The molecule has 0 heterocycles. The van der Waals surface area contributed by atoms with Crippen molar-refractivity contribution in [1.82, 2.24) is 0 Å². The Kier molecular flexibility index (Phi) is 3.82. The summed E-state index contributed by atoms with van der Waals surface area (Å²) in [5.74, 6) is 0. The van der Waals surface area contributed by atoms with Gasteiger partial charge in [0, 0.05) is 5.02 Å². The molecule has 2 aromatic rings. The van der Waals surface area contributed by atoms with Gasteiger partial charge in [-0.15, -0.1) is 0 Å². The molecule has 1 nitrogen and oxygen atoms in total. The van der Waals surface area contributed by atoms with Gasteiger partial charge in [-0.25, -0.2) is 0 Å². The maximum absolute atomic E-state index is 6.22. The van der Waals surface area contributed by atoms with Gasteiger partial charge in [0.25, 0.3) is 0 Å². The van der Waals surface area contributed by atoms with E-state index in [-0.39, 0.29) is 6.04 Å². The van der Waals surface area contributed by atoms with Crippen LogP contribution in [0.3, 0.4) is 0 Å². The first kappa shape index (κ1) is 12.2. The molecule has 0 saturated heterocycles. The Balaban J connectivity index is 2.30. The van der Waals surface area contributed by atoms with Crippen LogP contribution in [0.2, 0.25) is 5.02 Å². The molecule has 0 unspecified atom stereocenters. The molecule has 0 spiro atoms. The van der Waals surface area contributed by atoms with Crippen LogP contribution in [-0.4, -0.2) is 0 Å². The predicted octanol–water partition coefficient (Wildman–Crippen LogP) is 3.95. The fourth-order valence-corrected chi connectivity index (χ4v) is 2.12. The van der Waals surface area contributed by atoms with Crippen molar-refractivity contribution in [2.24, 2.45) is 5.73 Å². The highest BCUT2D eigenvalue weighted by Crippen LogP contribution is 2.26. The minimum atomic E-state index is -0.158. The Labute approximate surface area is 107 Å². The number of rotatable bonds is 3. The molecule has 2 aromatic carbocycles. The van der Waals surface area contributed by atoms with Crippen molar-refractivity contribution in [2.75, 3.05) is 0 Å². The van der Waals surface area contributed by atoms with Gasteiger partial charge in [-0.1, -0.05) is 61.0 Å². The van der Waals surface area contributed by atoms with Crippen LogP contribution < -0.4 is 5.73 Å². The third kappa shape index (κ3) is 2.68. The van der Waals surface area contributed by atoms with E-state index in [0.717, 1.165) is 22.6 Å². The van der Waals surface area contributed by atoms with E-state index in [1.54, 1.807) is 0 Å². The van der Waals surface area contributed by atoms with Gasteiger partial charge in [0.05, 0.1) is 6.04 Å². The first-order valence-corrected chi connectivity index (χ1v) is 6.19. The summed E-state index contributed by atoms with van der Waals surface area (Å²) in [6.45, 7) is 2.14. The third-order valence-corrected chi connectivity index (χ3v) is 3.33. The molecular formula is C15H16ClN. The van der Waals surface area contributed by atoms with Crippen molar-refractivity contribution in [3.63, 3.8) is 0 Å². The lowest BCUT2D eigenvalue weighted by molar-refractivity contribution is 0.870. The number of hydrogen-bond acceptors (Lipinski definition) is 1. The van der Waals surface area contributed by atoms with Crippen LogP contribution in [0.25, 0.3) is 0 Å². The molecule has 0 aromatic heterocycles. The number of nitrogens with two attached hydrogens (primary N) is 1. The lowest BCUT2D eigenvalue weighted by atomic mass is 9.98. The average Bonchev–Trinajstić information content (AvgIpc) is 2.39. The van der Waals surface area contributed by atoms with Crippen LogP contribution in [0, 0.1) is 0 Å². The normalized spacial score (nSPS) is 12.4. The summed E-state index contributed by atoms with van der Waals surface area (Å²) in [7, 11) is 0. The molecule has 0 aliphatic rings. The Morgan fingerprint density at radius 2 is 1.71 bits per heavy atom. The second-order valence-electron chi connectivity index (χ2n) is 4.09. The molecule has 17 heavy (non-hydrogen) atoms. The first-order valence-electron chi connectivity index (χ1n) is 5.81. The molecule has 0 radical (unpaired) electrons. The Morgan fingerprint density at radius 3 is 2.29 bits per heavy atom. The molecule has 0 aliphatic heterocycles. The minimum Gasteiger partial charge on any atom is -0.320 e. The Hall–Kier alpha value is -1.31. The summed E-state index contributed by atoms with van der Waals surface area (Å²) in [6, 6.07) is 15.9. The molecule has 0 amide bonds. The molecular weight excluding hydrogens is 230 g/mol. The van der Waals surface area contributed by atoms with E-state index in [0.29, 0.717) is 0 Å². The molecule has 2 N–H and O–H groups in total. The first-order chi connectivity index (χ1) is 8.22. The van der Waals surface area contributed by atoms with Crippen LogP contribution in [0.1, 0.15) is 29.7 Å². The Bertz CT molecular complexity index is 491. The molecule has 2 heteroatoms. The molecule has 0 bridgehead atoms. The van der Waals surface area contributed by atoms with Crippen LogP contribution >= 0.6 is 11.6 Å². The fraction of sp³-hybridized carbons (Fsp3) is 0.200. The molecule has 88 valence electrons. The predicted molar refractivity (Wildman–Crippen MR) is 73.3 cm³/mol. The van der Waals surface area contributed by atoms with Crippen LogP contribution in [0.15, 0.2) is 48.5 Å². The zero-order valence-electron chi connectivity index (χ0n) is 9.86. The summed E-state index contributed by atoms with van der Waals surface area (Å²) >= 11 is 6.15. The second kappa shape index (κ2) is 5.35. The fourth-order valence-electron chi connectivity index (χ4n) is 1.87. The van der Waals surface area contributed by atoms with Gasteiger partial charge in [-0.2, -0.15) is 0 Å². The monoisotopic (exact) mass is 245 g/mol. The molecule has 1 atom stereocenters. The summed E-state index contributed by atoms with van der Waals surface area (Å²) in [4.78, 5) is 0. The number of hydrogen-bond donors (Lipinski definition) is 1. The lowest BCUT2D eigenvalue weighted by Crippen LogP contribution is -2.12. The van der Waals surface area contributed by atoms with E-state index in [1.165, 1.54) is 5.56 Å². The second-order valence-corrected chi connectivity index (χ2v) is 4.50. The van der Waals surface area contributed by atoms with Gasteiger partial charge in [0.15, 0.2) is 0 Å². The molecule has 0 saturated carbocycles. The van der Waals surface area contributed by atoms with Crippen LogP contribution in [0.5, 0.6) is 0 Å². The highest BCUT2D eigenvalue weighted by molar-refractivity contribution is 6.31. The number of aryl methyl sites for hydroxylation is 1. The standard InChI is InChI=1S/C15H16ClN/c1-2-11-7-9-12(10-8-11)15(17)13-5-3-4-6-14(13)16/h3-10,15H,2,17H2,1H3/t15-/m0/s1. The van der Waals surface area contributed by atoms with Gasteiger partial charge in [0.2, 0.25) is 0 Å². The van der Waals surface area contributed by atoms with Gasteiger partial charge in [-0.3, -0.25) is 0 Å². The zero-order valence-corrected chi connectivity index (χ0v) is 10.6. The van der Waals surface area contributed by atoms with Gasteiger partial charge >= 0.3 is 0 Å². The summed E-state index contributed by atoms with van der Waals surface area (Å²) in [6.07, 6.45) is 1.04. The van der Waals surface area contributed by atoms with Crippen molar-refractivity contribution >= 4 is 11.6 Å². The molecule has 0 fully saturated rings. The van der Waals surface area contributed by atoms with E-state index in [4.69, 9.17) is 17.3 Å². The van der Waals surface area contributed by atoms with E-state index in [1.807, 2.05) is 24.3 Å². The number of benzene rings is 2. The van der Waals surface area contributed by atoms with Gasteiger partial charge < -0.3 is 5.73 Å². The Morgan fingerprint density at radius 1 is 1.06 bits per heavy atom. The topological polar surface area (TPSA) is 26.0 Å². The largest absolute Gasteiger partial charge is 0.320 e. The van der Waals surface area contributed by atoms with E-state index >= 15 is 0 Å². The summed E-state index contributed by atoms with van der Waals surface area (Å²) in [5, 5.41) is 0.722. The quantitative estimate of drug-likeness (QED) is 0.871. The maximum atomic E-state index is 6.22. The highest BCUT2D eigenvalue weighted by Gasteiger charge is 2.11. The molecule has 2 rings (SSSR count). The van der Waals surface area contributed by atoms with Crippen molar-refractivity contribution in [1.29, 1.82) is 0 Å². The lowest BCUT2D eigenvalue weighted by Gasteiger charge is -2.14. The average molecular weight is 246 g/mol. The van der Waals surface area contributed by atoms with Gasteiger partial charge in [-0.05, 0) is 29.2 Å². The minimum absolute atomic E-state index is 0.158. The highest BCUT2D eigenvalue weighted by atomic mass is 35.5. The molecule has 0 aliphatic carbocycles. The number of halogens is 1. The third-order valence-electron chi connectivity index (χ3n) is 2.99. The van der Waals surface area contributed by atoms with E-state index in [9.17, 15) is 0 Å². The maximum Gasteiger partial charge on any atom is 0.0566 e. The van der Waals surface area contributed by atoms with Crippen molar-refractivity contribution in [2.45, 2.75) is 19.4 Å². The SMILES string of the molecule is CCc1ccc([C@H](N)c2ccccc2Cl)cc1. The van der Waals surface area contributed by atoms with Crippen molar-refractivity contribution < 1.29 is 0 Å². The summed E-state index contributed by atoms with van der Waals surface area (Å²) < 4.78 is 0. The van der Waals surface area contributed by atoms with E-state index < -0.39 is 0 Å². The summed E-state index contributed by atoms with van der Waals surface area (Å²) in [5.41, 5.74) is 9.61. The van der Waals surface area contributed by atoms with Crippen molar-refractivity contribution in [3.05, 3.63) is 70.2 Å². The van der Waals surface area contributed by atoms with Crippen molar-refractivity contribution in [3.8, 4) is 0 Å². The van der Waals surface area contributed by atoms with Gasteiger partial charge in [0.1, 0.15) is 0 Å². The van der Waals surface area contributed by atoms with Crippen LogP contribution in [0.4, 0.5) is 0 Å². The van der Waals surface area contributed by atoms with Crippen LogP contribution in [-0.2, 0) is 6.42 Å². The zero-order chi connectivity index (χ0) is 12.3. The smallest absolute Gasteiger partial charge is 0.0566 e.